The summed E-state index contributed by atoms with van der Waals surface area (Å²) in [7, 11) is 0. The molecule has 1 fully saturated rings. The van der Waals surface area contributed by atoms with Crippen LogP contribution in [-0.4, -0.2) is 37.0 Å². The van der Waals surface area contributed by atoms with Gasteiger partial charge in [0.2, 0.25) is 5.91 Å². The first kappa shape index (κ1) is 17.6. The summed E-state index contributed by atoms with van der Waals surface area (Å²) in [5.41, 5.74) is 5.81. The van der Waals surface area contributed by atoms with E-state index in [2.05, 4.69) is 58.7 Å². The first-order valence-electron chi connectivity index (χ1n) is 10.1. The van der Waals surface area contributed by atoms with Crippen LogP contribution < -0.4 is 10.4 Å². The number of rotatable bonds is 4. The lowest BCUT2D eigenvalue weighted by molar-refractivity contribution is -0.119. The number of likely N-dealkylation sites (tertiary alicyclic amines) is 1. The number of para-hydroxylation sites is 1. The highest BCUT2D eigenvalue weighted by Gasteiger charge is 2.45. The number of fused-ring (bicyclic) bond motifs is 2. The van der Waals surface area contributed by atoms with Crippen molar-refractivity contribution in [3.8, 4) is 0 Å². The Bertz CT molecular complexity index is 690. The van der Waals surface area contributed by atoms with Crippen molar-refractivity contribution in [2.24, 2.45) is 11.8 Å². The number of benzene rings is 1. The molecule has 1 aromatic rings. The Morgan fingerprint density at radius 3 is 2.77 bits per heavy atom. The highest BCUT2D eigenvalue weighted by Crippen LogP contribution is 2.46. The molecule has 4 nitrogen and oxygen atoms in total. The lowest BCUT2D eigenvalue weighted by Gasteiger charge is -2.41. The third-order valence-electron chi connectivity index (χ3n) is 6.66. The van der Waals surface area contributed by atoms with Gasteiger partial charge in [-0.05, 0) is 62.2 Å². The standard InChI is InChI=1S/C22H31N3O/c1-17(19-7-3-4-8-19)15-24-13-11-22(12-14-24)16-25(23-18(2)26)21-10-6-5-9-20(21)22/h3,5-7,9-10,17,19H,4,8,11-16H2,1-2H3,(H,23,26)/t17-,19+/m1/s1. The number of hydrazine groups is 1. The van der Waals surface area contributed by atoms with Gasteiger partial charge in [0.05, 0.1) is 5.69 Å². The predicted octanol–water partition coefficient (Wildman–Crippen LogP) is 3.49. The molecule has 2 aliphatic heterocycles. The third kappa shape index (κ3) is 3.27. The molecule has 2 atom stereocenters. The molecule has 1 aliphatic carbocycles. The average molecular weight is 354 g/mol. The molecule has 2 heterocycles. The molecule has 0 unspecified atom stereocenters. The van der Waals surface area contributed by atoms with E-state index in [1.807, 2.05) is 0 Å². The number of anilines is 1. The maximum atomic E-state index is 11.6. The van der Waals surface area contributed by atoms with E-state index in [1.54, 1.807) is 6.92 Å². The van der Waals surface area contributed by atoms with E-state index >= 15 is 0 Å². The fourth-order valence-electron chi connectivity index (χ4n) is 5.18. The second-order valence-corrected chi connectivity index (χ2v) is 8.50. The Hall–Kier alpha value is -1.81. The average Bonchev–Trinajstić information content (AvgIpc) is 3.25. The number of hydrogen-bond donors (Lipinski definition) is 1. The van der Waals surface area contributed by atoms with E-state index in [0.717, 1.165) is 31.5 Å². The van der Waals surface area contributed by atoms with Crippen LogP contribution in [0.2, 0.25) is 0 Å². The van der Waals surface area contributed by atoms with Gasteiger partial charge in [0.15, 0.2) is 0 Å². The van der Waals surface area contributed by atoms with Crippen molar-refractivity contribution in [2.75, 3.05) is 31.2 Å². The van der Waals surface area contributed by atoms with Gasteiger partial charge < -0.3 is 4.90 Å². The van der Waals surface area contributed by atoms with Crippen LogP contribution in [0.25, 0.3) is 0 Å². The van der Waals surface area contributed by atoms with Crippen molar-refractivity contribution < 1.29 is 4.79 Å². The van der Waals surface area contributed by atoms with Crippen molar-refractivity contribution in [3.63, 3.8) is 0 Å². The van der Waals surface area contributed by atoms with E-state index in [1.165, 1.54) is 43.5 Å². The fourth-order valence-corrected chi connectivity index (χ4v) is 5.18. The van der Waals surface area contributed by atoms with E-state index < -0.39 is 0 Å². The number of piperidine rings is 1. The van der Waals surface area contributed by atoms with Crippen molar-refractivity contribution in [3.05, 3.63) is 42.0 Å². The van der Waals surface area contributed by atoms with Crippen LogP contribution in [0.5, 0.6) is 0 Å². The summed E-state index contributed by atoms with van der Waals surface area (Å²) < 4.78 is 0. The van der Waals surface area contributed by atoms with Crippen LogP contribution in [0.15, 0.2) is 36.4 Å². The van der Waals surface area contributed by atoms with Gasteiger partial charge in [0.25, 0.3) is 0 Å². The number of amides is 1. The molecule has 4 heteroatoms. The molecule has 1 N–H and O–H groups in total. The Morgan fingerprint density at radius 1 is 1.31 bits per heavy atom. The molecule has 4 rings (SSSR count). The summed E-state index contributed by atoms with van der Waals surface area (Å²) >= 11 is 0. The van der Waals surface area contributed by atoms with E-state index in [4.69, 9.17) is 0 Å². The zero-order chi connectivity index (χ0) is 18.1. The summed E-state index contributed by atoms with van der Waals surface area (Å²) in [5, 5.41) is 2.07. The van der Waals surface area contributed by atoms with Gasteiger partial charge in [-0.3, -0.25) is 15.2 Å². The highest BCUT2D eigenvalue weighted by atomic mass is 16.2. The first-order chi connectivity index (χ1) is 12.6. The van der Waals surface area contributed by atoms with E-state index in [-0.39, 0.29) is 11.3 Å². The third-order valence-corrected chi connectivity index (χ3v) is 6.66. The molecule has 26 heavy (non-hydrogen) atoms. The molecule has 1 saturated heterocycles. The van der Waals surface area contributed by atoms with Gasteiger partial charge in [-0.2, -0.15) is 0 Å². The van der Waals surface area contributed by atoms with Crippen LogP contribution in [0.3, 0.4) is 0 Å². The van der Waals surface area contributed by atoms with Crippen LogP contribution >= 0.6 is 0 Å². The summed E-state index contributed by atoms with van der Waals surface area (Å²) in [6.45, 7) is 8.43. The lowest BCUT2D eigenvalue weighted by Crippen LogP contribution is -2.49. The number of hydrogen-bond acceptors (Lipinski definition) is 3. The number of carbonyl (C=O) groups is 1. The summed E-state index contributed by atoms with van der Waals surface area (Å²) in [6, 6.07) is 8.61. The monoisotopic (exact) mass is 353 g/mol. The molecule has 1 spiro atoms. The van der Waals surface area contributed by atoms with Crippen LogP contribution in [0.1, 0.15) is 45.1 Å². The summed E-state index contributed by atoms with van der Waals surface area (Å²) in [4.78, 5) is 14.3. The second-order valence-electron chi connectivity index (χ2n) is 8.50. The lowest BCUT2D eigenvalue weighted by atomic mass is 9.74. The predicted molar refractivity (Wildman–Crippen MR) is 106 cm³/mol. The first-order valence-corrected chi connectivity index (χ1v) is 10.1. The Labute approximate surface area is 157 Å². The number of nitrogens with one attached hydrogen (secondary N) is 1. The molecule has 140 valence electrons. The normalized spacial score (nSPS) is 25.5. The molecule has 3 aliphatic rings. The number of allylic oxidation sites excluding steroid dienone is 2. The van der Waals surface area contributed by atoms with Crippen molar-refractivity contribution >= 4 is 11.6 Å². The van der Waals surface area contributed by atoms with Gasteiger partial charge in [-0.25, -0.2) is 0 Å². The van der Waals surface area contributed by atoms with E-state index in [9.17, 15) is 4.79 Å². The Morgan fingerprint density at radius 2 is 2.08 bits per heavy atom. The second kappa shape index (κ2) is 7.07. The van der Waals surface area contributed by atoms with Crippen LogP contribution in [0.4, 0.5) is 5.69 Å². The Balaban J connectivity index is 1.43. The van der Waals surface area contributed by atoms with Gasteiger partial charge >= 0.3 is 0 Å². The Kier molecular flexibility index (Phi) is 4.78. The number of carbonyl (C=O) groups excluding carboxylic acids is 1. The van der Waals surface area contributed by atoms with Crippen molar-refractivity contribution in [2.45, 2.75) is 44.9 Å². The maximum absolute atomic E-state index is 11.6. The van der Waals surface area contributed by atoms with Crippen molar-refractivity contribution in [1.82, 2.24) is 10.3 Å². The minimum absolute atomic E-state index is 0.00716. The molecule has 0 aromatic heterocycles. The quantitative estimate of drug-likeness (QED) is 0.842. The SMILES string of the molecule is CC(=O)NN1CC2(CCN(C[C@@H](C)[C@H]3C=CCC3)CC2)c2ccccc21. The van der Waals surface area contributed by atoms with Crippen molar-refractivity contribution in [1.29, 1.82) is 0 Å². The van der Waals surface area contributed by atoms with Gasteiger partial charge in [0.1, 0.15) is 0 Å². The van der Waals surface area contributed by atoms with Gasteiger partial charge in [-0.15, -0.1) is 0 Å². The molecule has 1 amide bonds. The molecule has 1 aromatic carbocycles. The van der Waals surface area contributed by atoms with Crippen LogP contribution in [0, 0.1) is 11.8 Å². The van der Waals surface area contributed by atoms with Gasteiger partial charge in [0, 0.05) is 25.4 Å². The number of nitrogens with zero attached hydrogens (tertiary/aromatic N) is 2. The smallest absolute Gasteiger partial charge is 0.235 e. The molecule has 0 bridgehead atoms. The maximum Gasteiger partial charge on any atom is 0.235 e. The minimum Gasteiger partial charge on any atom is -0.303 e. The van der Waals surface area contributed by atoms with E-state index in [0.29, 0.717) is 0 Å². The summed E-state index contributed by atoms with van der Waals surface area (Å²) in [6.07, 6.45) is 9.71. The molecular formula is C22H31N3O. The summed E-state index contributed by atoms with van der Waals surface area (Å²) in [5.74, 6) is 1.52. The topological polar surface area (TPSA) is 35.6 Å². The molecule has 0 saturated carbocycles. The van der Waals surface area contributed by atoms with Crippen LogP contribution in [-0.2, 0) is 10.2 Å². The highest BCUT2D eigenvalue weighted by molar-refractivity contribution is 5.77. The molecule has 0 radical (unpaired) electrons. The zero-order valence-electron chi connectivity index (χ0n) is 16.1. The zero-order valence-corrected chi connectivity index (χ0v) is 16.1. The largest absolute Gasteiger partial charge is 0.303 e. The van der Waals surface area contributed by atoms with Gasteiger partial charge in [-0.1, -0.05) is 37.3 Å². The minimum atomic E-state index is 0.00716. The fraction of sp³-hybridized carbons (Fsp3) is 0.591. The molecular weight excluding hydrogens is 322 g/mol.